The number of rotatable bonds is 3. The number of phenolic OH excluding ortho intramolecular Hbond substituents is 1. The van der Waals surface area contributed by atoms with Gasteiger partial charge >= 0.3 is 0 Å². The van der Waals surface area contributed by atoms with E-state index in [0.29, 0.717) is 13.0 Å². The number of aromatic hydroxyl groups is 1. The third-order valence-electron chi connectivity index (χ3n) is 3.26. The van der Waals surface area contributed by atoms with Crippen molar-refractivity contribution in [2.45, 2.75) is 18.9 Å². The fourth-order valence-corrected chi connectivity index (χ4v) is 2.30. The molecule has 1 heterocycles. The average molecular weight is 266 g/mol. The lowest BCUT2D eigenvalue weighted by molar-refractivity contribution is -0.385. The highest BCUT2D eigenvalue weighted by Crippen LogP contribution is 2.27. The maximum Gasteiger partial charge on any atom is 0.282 e. The van der Waals surface area contributed by atoms with Gasteiger partial charge < -0.3 is 15.1 Å². The molecule has 1 aromatic carbocycles. The maximum absolute atomic E-state index is 12.3. The Morgan fingerprint density at radius 1 is 1.53 bits per heavy atom. The normalized spacial score (nSPS) is 18.6. The van der Waals surface area contributed by atoms with E-state index in [0.717, 1.165) is 18.6 Å². The minimum atomic E-state index is -0.656. The van der Waals surface area contributed by atoms with Gasteiger partial charge in [-0.3, -0.25) is 14.9 Å². The first kappa shape index (κ1) is 13.3. The summed E-state index contributed by atoms with van der Waals surface area (Å²) < 4.78 is 0. The molecule has 0 radical (unpaired) electrons. The molecule has 0 saturated carbocycles. The van der Waals surface area contributed by atoms with Crippen molar-refractivity contribution in [1.82, 2.24) is 4.90 Å². The van der Waals surface area contributed by atoms with Gasteiger partial charge in [0.1, 0.15) is 11.3 Å². The Hall–Kier alpha value is -2.15. The number of nitro groups is 1. The van der Waals surface area contributed by atoms with E-state index in [1.54, 1.807) is 0 Å². The molecule has 1 unspecified atom stereocenters. The Kier molecular flexibility index (Phi) is 3.66. The summed E-state index contributed by atoms with van der Waals surface area (Å²) in [6.45, 7) is 0.287. The summed E-state index contributed by atoms with van der Waals surface area (Å²) in [6.07, 6.45) is 1.43. The largest absolute Gasteiger partial charge is 0.508 e. The number of phenols is 1. The predicted molar refractivity (Wildman–Crippen MR) is 65.9 cm³/mol. The molecular weight excluding hydrogens is 252 g/mol. The van der Waals surface area contributed by atoms with E-state index in [1.807, 2.05) is 0 Å². The number of hydrogen-bond donors (Lipinski definition) is 2. The number of carbonyl (C=O) groups is 1. The quantitative estimate of drug-likeness (QED) is 0.624. The Balaban J connectivity index is 2.37. The summed E-state index contributed by atoms with van der Waals surface area (Å²) in [5.41, 5.74) is -0.489. The van der Waals surface area contributed by atoms with Crippen molar-refractivity contribution in [3.63, 3.8) is 0 Å². The second-order valence-electron chi connectivity index (χ2n) is 4.44. The lowest BCUT2D eigenvalue weighted by atomic mass is 10.1. The van der Waals surface area contributed by atoms with Crippen molar-refractivity contribution in [3.05, 3.63) is 33.9 Å². The van der Waals surface area contributed by atoms with Crippen LogP contribution in [0, 0.1) is 10.1 Å². The molecule has 1 aliphatic rings. The fourth-order valence-electron chi connectivity index (χ4n) is 2.30. The fraction of sp³-hybridized carbons (Fsp3) is 0.417. The van der Waals surface area contributed by atoms with Crippen molar-refractivity contribution in [2.75, 3.05) is 13.2 Å². The molecule has 1 saturated heterocycles. The first-order valence-corrected chi connectivity index (χ1v) is 5.94. The summed E-state index contributed by atoms with van der Waals surface area (Å²) in [5, 5.41) is 29.5. The number of aliphatic hydroxyl groups excluding tert-OH is 1. The predicted octanol–water partition coefficient (Wildman–Crippen LogP) is 0.897. The molecule has 1 aromatic rings. The zero-order chi connectivity index (χ0) is 14.0. The lowest BCUT2D eigenvalue weighted by Gasteiger charge is -2.22. The zero-order valence-corrected chi connectivity index (χ0v) is 10.2. The molecule has 0 aliphatic carbocycles. The Morgan fingerprint density at radius 2 is 2.26 bits per heavy atom. The molecule has 1 fully saturated rings. The SMILES string of the molecule is O=C(c1cc(O)ccc1[N+](=O)[O-])N1CCCC1CO. The van der Waals surface area contributed by atoms with Gasteiger partial charge in [0.25, 0.3) is 11.6 Å². The van der Waals surface area contributed by atoms with E-state index in [-0.39, 0.29) is 29.6 Å². The van der Waals surface area contributed by atoms with Crippen molar-refractivity contribution in [2.24, 2.45) is 0 Å². The molecule has 1 atom stereocenters. The van der Waals surface area contributed by atoms with Crippen molar-refractivity contribution >= 4 is 11.6 Å². The molecule has 102 valence electrons. The van der Waals surface area contributed by atoms with Crippen LogP contribution in [0.1, 0.15) is 23.2 Å². The number of likely N-dealkylation sites (tertiary alicyclic amines) is 1. The number of hydrogen-bond acceptors (Lipinski definition) is 5. The molecule has 1 amide bonds. The maximum atomic E-state index is 12.3. The summed E-state index contributed by atoms with van der Waals surface area (Å²) in [7, 11) is 0. The van der Waals surface area contributed by atoms with Gasteiger partial charge in [-0.2, -0.15) is 0 Å². The van der Waals surface area contributed by atoms with Gasteiger partial charge in [-0.1, -0.05) is 0 Å². The van der Waals surface area contributed by atoms with Gasteiger partial charge in [-0.15, -0.1) is 0 Å². The molecule has 1 aliphatic heterocycles. The summed E-state index contributed by atoms with van der Waals surface area (Å²) in [6, 6.07) is 3.05. The van der Waals surface area contributed by atoms with Crippen LogP contribution >= 0.6 is 0 Å². The van der Waals surface area contributed by atoms with Gasteiger partial charge in [0, 0.05) is 12.6 Å². The van der Waals surface area contributed by atoms with E-state index in [4.69, 9.17) is 0 Å². The van der Waals surface area contributed by atoms with E-state index in [1.165, 1.54) is 11.0 Å². The average Bonchev–Trinajstić information content (AvgIpc) is 2.85. The minimum Gasteiger partial charge on any atom is -0.508 e. The van der Waals surface area contributed by atoms with Gasteiger partial charge in [0.05, 0.1) is 17.6 Å². The van der Waals surface area contributed by atoms with E-state index < -0.39 is 10.8 Å². The van der Waals surface area contributed by atoms with Gasteiger partial charge in [0.2, 0.25) is 0 Å². The second kappa shape index (κ2) is 5.23. The number of carbonyl (C=O) groups excluding carboxylic acids is 1. The molecule has 0 bridgehead atoms. The number of benzene rings is 1. The first-order valence-electron chi connectivity index (χ1n) is 5.94. The van der Waals surface area contributed by atoms with E-state index >= 15 is 0 Å². The van der Waals surface area contributed by atoms with Crippen LogP contribution in [-0.4, -0.2) is 45.1 Å². The van der Waals surface area contributed by atoms with Crippen molar-refractivity contribution < 1.29 is 19.9 Å². The molecule has 0 spiro atoms. The van der Waals surface area contributed by atoms with Crippen LogP contribution in [0.4, 0.5) is 5.69 Å². The van der Waals surface area contributed by atoms with Crippen LogP contribution in [0.2, 0.25) is 0 Å². The third kappa shape index (κ3) is 2.50. The highest BCUT2D eigenvalue weighted by molar-refractivity contribution is 5.98. The minimum absolute atomic E-state index is 0.148. The van der Waals surface area contributed by atoms with Crippen LogP contribution < -0.4 is 0 Å². The standard InChI is InChI=1S/C12H14N2O5/c15-7-8-2-1-5-13(8)12(17)10-6-9(16)3-4-11(10)14(18)19/h3-4,6,8,15-16H,1-2,5,7H2. The number of nitro benzene ring substituents is 1. The van der Waals surface area contributed by atoms with Crippen molar-refractivity contribution in [3.8, 4) is 5.75 Å². The zero-order valence-electron chi connectivity index (χ0n) is 10.2. The molecule has 19 heavy (non-hydrogen) atoms. The van der Waals surface area contributed by atoms with Crippen molar-refractivity contribution in [1.29, 1.82) is 0 Å². The van der Waals surface area contributed by atoms with Gasteiger partial charge in [-0.25, -0.2) is 0 Å². The van der Waals surface area contributed by atoms with Crippen LogP contribution in [0.5, 0.6) is 5.75 Å². The number of amides is 1. The smallest absolute Gasteiger partial charge is 0.282 e. The highest BCUT2D eigenvalue weighted by atomic mass is 16.6. The summed E-state index contributed by atoms with van der Waals surface area (Å²) in [4.78, 5) is 24.0. The monoisotopic (exact) mass is 266 g/mol. The van der Waals surface area contributed by atoms with E-state index in [9.17, 15) is 25.1 Å². The Labute approximate surface area is 109 Å². The third-order valence-corrected chi connectivity index (χ3v) is 3.26. The van der Waals surface area contributed by atoms with Gasteiger partial charge in [-0.05, 0) is 25.0 Å². The lowest BCUT2D eigenvalue weighted by Crippen LogP contribution is -2.37. The first-order chi connectivity index (χ1) is 9.04. The number of nitrogens with zero attached hydrogens (tertiary/aromatic N) is 2. The number of aliphatic hydroxyl groups is 1. The van der Waals surface area contributed by atoms with Crippen LogP contribution in [0.3, 0.4) is 0 Å². The Bertz CT molecular complexity index is 517. The molecule has 7 nitrogen and oxygen atoms in total. The van der Waals surface area contributed by atoms with Gasteiger partial charge in [0.15, 0.2) is 0 Å². The molecule has 7 heteroatoms. The van der Waals surface area contributed by atoms with Crippen LogP contribution in [-0.2, 0) is 0 Å². The highest BCUT2D eigenvalue weighted by Gasteiger charge is 2.32. The molecule has 0 aromatic heterocycles. The van der Waals surface area contributed by atoms with E-state index in [2.05, 4.69) is 0 Å². The Morgan fingerprint density at radius 3 is 2.89 bits per heavy atom. The summed E-state index contributed by atoms with van der Waals surface area (Å²) in [5.74, 6) is -0.729. The van der Waals surface area contributed by atoms with Crippen LogP contribution in [0.15, 0.2) is 18.2 Å². The summed E-state index contributed by atoms with van der Waals surface area (Å²) >= 11 is 0. The topological polar surface area (TPSA) is 104 Å². The molecule has 2 rings (SSSR count). The molecule has 2 N–H and O–H groups in total. The molecular formula is C12H14N2O5. The second-order valence-corrected chi connectivity index (χ2v) is 4.44. The van der Waals surface area contributed by atoms with Crippen LogP contribution in [0.25, 0.3) is 0 Å².